The molecular weight excluding hydrogens is 527 g/mol. The number of benzene rings is 3. The van der Waals surface area contributed by atoms with Gasteiger partial charge in [0.2, 0.25) is 11.8 Å². The largest absolute Gasteiger partial charge is 0.352 e. The van der Waals surface area contributed by atoms with Crippen molar-refractivity contribution in [1.29, 1.82) is 0 Å². The zero-order chi connectivity index (χ0) is 28.6. The van der Waals surface area contributed by atoms with Gasteiger partial charge in [-0.1, -0.05) is 112 Å². The smallest absolute Gasteiger partial charge is 0.243 e. The number of carbonyl (C=O) groups is 2. The van der Waals surface area contributed by atoms with E-state index < -0.39 is 6.04 Å². The van der Waals surface area contributed by atoms with E-state index >= 15 is 0 Å². The van der Waals surface area contributed by atoms with Gasteiger partial charge < -0.3 is 10.2 Å². The molecule has 2 unspecified atom stereocenters. The molecule has 39 heavy (non-hydrogen) atoms. The predicted molar refractivity (Wildman–Crippen MR) is 162 cm³/mol. The van der Waals surface area contributed by atoms with E-state index in [0.717, 1.165) is 23.1 Å². The normalized spacial score (nSPS) is 13.0. The standard InChI is InChI=1S/C33H40Cl2N2O2/c1-6-23(2)36-32(39)30(21-25-10-8-7-9-11-25)37(22-26-14-18-28(34)29(35)20-26)31(38)19-15-24-12-16-27(17-13-24)33(3,4)5/h7-14,16-18,20,23,30H,6,15,19,21-22H2,1-5H3,(H,36,39). The molecule has 1 N–H and O–H groups in total. The van der Waals surface area contributed by atoms with E-state index in [1.54, 1.807) is 17.0 Å². The van der Waals surface area contributed by atoms with Crippen molar-refractivity contribution in [1.82, 2.24) is 10.2 Å². The van der Waals surface area contributed by atoms with E-state index in [-0.39, 0.29) is 36.2 Å². The molecule has 3 aromatic carbocycles. The highest BCUT2D eigenvalue weighted by atomic mass is 35.5. The Morgan fingerprint density at radius 1 is 0.872 bits per heavy atom. The fourth-order valence-electron chi connectivity index (χ4n) is 4.40. The molecule has 0 radical (unpaired) electrons. The molecule has 0 aliphatic heterocycles. The molecule has 0 fully saturated rings. The van der Waals surface area contributed by atoms with Gasteiger partial charge in [0.05, 0.1) is 10.0 Å². The third-order valence-corrected chi connectivity index (χ3v) is 7.80. The summed E-state index contributed by atoms with van der Waals surface area (Å²) in [6.45, 7) is 10.8. The number of aryl methyl sites for hydroxylation is 1. The quantitative estimate of drug-likeness (QED) is 0.257. The van der Waals surface area contributed by atoms with Crippen molar-refractivity contribution in [3.8, 4) is 0 Å². The summed E-state index contributed by atoms with van der Waals surface area (Å²) < 4.78 is 0. The van der Waals surface area contributed by atoms with Gasteiger partial charge in [-0.2, -0.15) is 0 Å². The van der Waals surface area contributed by atoms with Crippen LogP contribution in [0.25, 0.3) is 0 Å². The van der Waals surface area contributed by atoms with Gasteiger partial charge in [-0.25, -0.2) is 0 Å². The Kier molecular flexibility index (Phi) is 11.0. The van der Waals surface area contributed by atoms with Crippen molar-refractivity contribution >= 4 is 35.0 Å². The minimum absolute atomic E-state index is 0.000896. The summed E-state index contributed by atoms with van der Waals surface area (Å²) >= 11 is 12.5. The maximum atomic E-state index is 13.9. The predicted octanol–water partition coefficient (Wildman–Crippen LogP) is 7.78. The minimum atomic E-state index is -0.674. The van der Waals surface area contributed by atoms with Gasteiger partial charge in [-0.15, -0.1) is 0 Å². The molecule has 0 saturated carbocycles. The van der Waals surface area contributed by atoms with E-state index in [2.05, 4.69) is 50.4 Å². The first kappa shape index (κ1) is 30.7. The number of rotatable bonds is 11. The Bertz CT molecular complexity index is 1240. The maximum absolute atomic E-state index is 13.9. The van der Waals surface area contributed by atoms with Crippen molar-refractivity contribution in [3.05, 3.63) is 105 Å². The molecule has 0 bridgehead atoms. The van der Waals surface area contributed by atoms with Crippen LogP contribution >= 0.6 is 23.2 Å². The van der Waals surface area contributed by atoms with Gasteiger partial charge in [-0.05, 0) is 59.6 Å². The van der Waals surface area contributed by atoms with E-state index in [0.29, 0.717) is 22.9 Å². The van der Waals surface area contributed by atoms with Crippen molar-refractivity contribution < 1.29 is 9.59 Å². The highest BCUT2D eigenvalue weighted by Gasteiger charge is 2.31. The Hall–Kier alpha value is -2.82. The molecule has 0 aliphatic rings. The molecular formula is C33H40Cl2N2O2. The highest BCUT2D eigenvalue weighted by Crippen LogP contribution is 2.25. The first-order valence-electron chi connectivity index (χ1n) is 13.6. The first-order chi connectivity index (χ1) is 18.5. The lowest BCUT2D eigenvalue weighted by Crippen LogP contribution is -2.52. The van der Waals surface area contributed by atoms with Crippen LogP contribution in [0.4, 0.5) is 0 Å². The van der Waals surface area contributed by atoms with Crippen LogP contribution in [-0.4, -0.2) is 28.8 Å². The zero-order valence-electron chi connectivity index (χ0n) is 23.6. The lowest BCUT2D eigenvalue weighted by Gasteiger charge is -2.32. The summed E-state index contributed by atoms with van der Waals surface area (Å²) in [5, 5.41) is 3.98. The van der Waals surface area contributed by atoms with Crippen LogP contribution in [0, 0.1) is 0 Å². The Labute approximate surface area is 243 Å². The molecule has 0 aromatic heterocycles. The monoisotopic (exact) mass is 566 g/mol. The number of carbonyl (C=O) groups excluding carboxylic acids is 2. The second kappa shape index (κ2) is 14.0. The molecule has 0 spiro atoms. The van der Waals surface area contributed by atoms with Crippen LogP contribution < -0.4 is 5.32 Å². The van der Waals surface area contributed by atoms with Crippen LogP contribution in [0.5, 0.6) is 0 Å². The number of hydrogen-bond donors (Lipinski definition) is 1. The summed E-state index contributed by atoms with van der Waals surface area (Å²) in [6, 6.07) is 22.9. The molecule has 2 atom stereocenters. The molecule has 0 aliphatic carbocycles. The fourth-order valence-corrected chi connectivity index (χ4v) is 4.72. The molecule has 0 saturated heterocycles. The van der Waals surface area contributed by atoms with Crippen molar-refractivity contribution in [2.24, 2.45) is 0 Å². The van der Waals surface area contributed by atoms with Crippen LogP contribution in [-0.2, 0) is 34.4 Å². The van der Waals surface area contributed by atoms with Crippen molar-refractivity contribution in [2.45, 2.75) is 84.3 Å². The van der Waals surface area contributed by atoms with Crippen LogP contribution in [0.1, 0.15) is 69.7 Å². The Balaban J connectivity index is 1.91. The summed E-state index contributed by atoms with van der Waals surface area (Å²) in [5.74, 6) is -0.239. The van der Waals surface area contributed by atoms with Crippen LogP contribution in [0.15, 0.2) is 72.8 Å². The van der Waals surface area contributed by atoms with E-state index in [1.165, 1.54) is 5.56 Å². The Morgan fingerprint density at radius 2 is 1.51 bits per heavy atom. The first-order valence-corrected chi connectivity index (χ1v) is 14.4. The third-order valence-electron chi connectivity index (χ3n) is 7.06. The SMILES string of the molecule is CCC(C)NC(=O)C(Cc1ccccc1)N(Cc1ccc(Cl)c(Cl)c1)C(=O)CCc1ccc(C(C)(C)C)cc1. The Morgan fingerprint density at radius 3 is 2.10 bits per heavy atom. The minimum Gasteiger partial charge on any atom is -0.352 e. The van der Waals surface area contributed by atoms with Gasteiger partial charge in [0, 0.05) is 25.4 Å². The number of nitrogens with zero attached hydrogens (tertiary/aromatic N) is 1. The number of nitrogens with one attached hydrogen (secondary N) is 1. The van der Waals surface area contributed by atoms with Crippen LogP contribution in [0.2, 0.25) is 10.0 Å². The van der Waals surface area contributed by atoms with Gasteiger partial charge in [0.25, 0.3) is 0 Å². The summed E-state index contributed by atoms with van der Waals surface area (Å²) in [4.78, 5) is 29.2. The number of amides is 2. The average molecular weight is 568 g/mol. The van der Waals surface area contributed by atoms with Crippen molar-refractivity contribution in [3.63, 3.8) is 0 Å². The van der Waals surface area contributed by atoms with Gasteiger partial charge in [0.15, 0.2) is 0 Å². The molecule has 6 heteroatoms. The molecule has 3 rings (SSSR count). The lowest BCUT2D eigenvalue weighted by molar-refractivity contribution is -0.141. The lowest BCUT2D eigenvalue weighted by atomic mass is 9.86. The number of halogens is 2. The van der Waals surface area contributed by atoms with Gasteiger partial charge in [0.1, 0.15) is 6.04 Å². The topological polar surface area (TPSA) is 49.4 Å². The maximum Gasteiger partial charge on any atom is 0.243 e. The van der Waals surface area contributed by atoms with Gasteiger partial charge >= 0.3 is 0 Å². The van der Waals surface area contributed by atoms with E-state index in [4.69, 9.17) is 23.2 Å². The second-order valence-corrected chi connectivity index (χ2v) is 12.1. The van der Waals surface area contributed by atoms with E-state index in [9.17, 15) is 9.59 Å². The number of hydrogen-bond acceptors (Lipinski definition) is 2. The molecule has 4 nitrogen and oxygen atoms in total. The highest BCUT2D eigenvalue weighted by molar-refractivity contribution is 6.42. The fraction of sp³-hybridized carbons (Fsp3) is 0.394. The second-order valence-electron chi connectivity index (χ2n) is 11.2. The molecule has 2 amide bonds. The average Bonchev–Trinajstić information content (AvgIpc) is 2.91. The van der Waals surface area contributed by atoms with Gasteiger partial charge in [-0.3, -0.25) is 9.59 Å². The van der Waals surface area contributed by atoms with Crippen LogP contribution in [0.3, 0.4) is 0 Å². The molecule has 208 valence electrons. The third kappa shape index (κ3) is 9.12. The summed E-state index contributed by atoms with van der Waals surface area (Å²) in [6.07, 6.45) is 2.09. The summed E-state index contributed by atoms with van der Waals surface area (Å²) in [5.41, 5.74) is 4.23. The zero-order valence-corrected chi connectivity index (χ0v) is 25.1. The van der Waals surface area contributed by atoms with E-state index in [1.807, 2.05) is 50.2 Å². The molecule has 3 aromatic rings. The van der Waals surface area contributed by atoms with Crippen molar-refractivity contribution in [2.75, 3.05) is 0 Å². The molecule has 0 heterocycles. The summed E-state index contributed by atoms with van der Waals surface area (Å²) in [7, 11) is 0.